The van der Waals surface area contributed by atoms with Crippen molar-refractivity contribution >= 4 is 24.4 Å². The van der Waals surface area contributed by atoms with Crippen LogP contribution in [0.4, 0.5) is 14.4 Å². The summed E-state index contributed by atoms with van der Waals surface area (Å²) >= 11 is 0. The van der Waals surface area contributed by atoms with Crippen molar-refractivity contribution in [1.82, 2.24) is 5.32 Å². The predicted octanol–water partition coefficient (Wildman–Crippen LogP) is 7.01. The zero-order chi connectivity index (χ0) is 33.1. The summed E-state index contributed by atoms with van der Waals surface area (Å²) in [6, 6.07) is 3.75. The second-order valence-electron chi connectivity index (χ2n) is 13.7. The SMILES string of the molecule is CCC(C)N[C@@](Cc1ccc(OC(=O)OCC(C)(C)C)c(OC(=O)OCC(C)(C)C)c1)(OC(=O)OC1CCCCC1)C(=O)O. The van der Waals surface area contributed by atoms with Crippen molar-refractivity contribution < 1.29 is 52.7 Å². The molecule has 12 nitrogen and oxygen atoms in total. The number of carboxylic acids is 1. The smallest absolute Gasteiger partial charge is 0.477 e. The molecule has 2 atom stereocenters. The number of nitrogens with one attached hydrogen (secondary N) is 1. The lowest BCUT2D eigenvalue weighted by Crippen LogP contribution is -2.59. The third kappa shape index (κ3) is 13.0. The lowest BCUT2D eigenvalue weighted by Gasteiger charge is -2.33. The minimum absolute atomic E-state index is 0.0488. The highest BCUT2D eigenvalue weighted by atomic mass is 16.8. The van der Waals surface area contributed by atoms with Crippen molar-refractivity contribution in [2.45, 2.75) is 118 Å². The second kappa shape index (κ2) is 16.0. The van der Waals surface area contributed by atoms with E-state index >= 15 is 0 Å². The van der Waals surface area contributed by atoms with Crippen LogP contribution >= 0.6 is 0 Å². The fraction of sp³-hybridized carbons (Fsp3) is 0.688. The molecule has 0 radical (unpaired) electrons. The molecule has 1 aromatic carbocycles. The van der Waals surface area contributed by atoms with Crippen LogP contribution in [0.2, 0.25) is 0 Å². The molecule has 248 valence electrons. The number of benzene rings is 1. The van der Waals surface area contributed by atoms with Gasteiger partial charge in [0.2, 0.25) is 0 Å². The number of aliphatic carboxylic acids is 1. The van der Waals surface area contributed by atoms with Crippen molar-refractivity contribution in [2.24, 2.45) is 10.8 Å². The molecule has 0 bridgehead atoms. The molecule has 1 fully saturated rings. The number of hydrogen-bond acceptors (Lipinski definition) is 11. The van der Waals surface area contributed by atoms with Crippen LogP contribution in [0.25, 0.3) is 0 Å². The molecule has 2 N–H and O–H groups in total. The minimum Gasteiger partial charge on any atom is -0.477 e. The molecule has 0 aliphatic heterocycles. The third-order valence-electron chi connectivity index (χ3n) is 6.60. The molecule has 1 aliphatic carbocycles. The Morgan fingerprint density at radius 2 is 1.41 bits per heavy atom. The number of ether oxygens (including phenoxy) is 6. The van der Waals surface area contributed by atoms with Gasteiger partial charge in [-0.15, -0.1) is 0 Å². The molecular formula is C32H49NO11. The zero-order valence-corrected chi connectivity index (χ0v) is 27.3. The summed E-state index contributed by atoms with van der Waals surface area (Å²) in [5, 5.41) is 13.3. The Kier molecular flexibility index (Phi) is 13.3. The Bertz CT molecular complexity index is 1130. The maximum Gasteiger partial charge on any atom is 0.513 e. The summed E-state index contributed by atoms with van der Waals surface area (Å²) < 4.78 is 32.1. The van der Waals surface area contributed by atoms with Crippen molar-refractivity contribution in [1.29, 1.82) is 0 Å². The Hall–Kier alpha value is -3.54. The molecule has 0 aromatic heterocycles. The standard InChI is InChI=1S/C32H49NO11/c1-9-21(2)33-32(26(34)35,44-29(38)41-23-13-11-10-12-14-23)18-22-15-16-24(42-27(36)39-19-30(3,4)5)25(17-22)43-28(37)40-20-31(6,7)8/h15-17,21,23,33H,9-14,18-20H2,1-8H3,(H,34,35)/t21?,32-/m0/s1. The first kappa shape index (κ1) is 36.7. The van der Waals surface area contributed by atoms with Gasteiger partial charge in [0.15, 0.2) is 11.5 Å². The molecule has 2 rings (SSSR count). The van der Waals surface area contributed by atoms with Crippen LogP contribution in [0.15, 0.2) is 18.2 Å². The van der Waals surface area contributed by atoms with Crippen molar-refractivity contribution in [3.05, 3.63) is 23.8 Å². The van der Waals surface area contributed by atoms with Crippen LogP contribution in [0.3, 0.4) is 0 Å². The quantitative estimate of drug-likeness (QED) is 0.106. The number of carboxylic acid groups (broad SMARTS) is 1. The lowest BCUT2D eigenvalue weighted by molar-refractivity contribution is -0.168. The largest absolute Gasteiger partial charge is 0.513 e. The molecule has 1 saturated carbocycles. The lowest BCUT2D eigenvalue weighted by atomic mass is 9.98. The van der Waals surface area contributed by atoms with E-state index in [2.05, 4.69) is 5.32 Å². The minimum atomic E-state index is -2.22. The number of carbonyl (C=O) groups is 4. The first-order chi connectivity index (χ1) is 20.4. The van der Waals surface area contributed by atoms with Gasteiger partial charge in [0.1, 0.15) is 6.10 Å². The summed E-state index contributed by atoms with van der Waals surface area (Å²) in [4.78, 5) is 50.6. The van der Waals surface area contributed by atoms with Crippen molar-refractivity contribution in [2.75, 3.05) is 13.2 Å². The van der Waals surface area contributed by atoms with Crippen LogP contribution in [-0.4, -0.2) is 60.6 Å². The molecule has 0 heterocycles. The van der Waals surface area contributed by atoms with Crippen LogP contribution < -0.4 is 14.8 Å². The summed E-state index contributed by atoms with van der Waals surface area (Å²) in [6.45, 7) is 15.0. The highest BCUT2D eigenvalue weighted by molar-refractivity contribution is 5.80. The Labute approximate surface area is 260 Å². The van der Waals surface area contributed by atoms with Crippen LogP contribution in [-0.2, 0) is 30.2 Å². The van der Waals surface area contributed by atoms with Crippen LogP contribution in [0.1, 0.15) is 99.5 Å². The summed E-state index contributed by atoms with van der Waals surface area (Å²) in [7, 11) is 0. The van der Waals surface area contributed by atoms with E-state index in [0.29, 0.717) is 19.3 Å². The number of rotatable bonds is 12. The van der Waals surface area contributed by atoms with E-state index in [-0.39, 0.29) is 59.7 Å². The summed E-state index contributed by atoms with van der Waals surface area (Å²) in [5.41, 5.74) is -2.61. The average Bonchev–Trinajstić information content (AvgIpc) is 2.91. The normalized spacial score (nSPS) is 16.2. The van der Waals surface area contributed by atoms with E-state index < -0.39 is 30.2 Å². The van der Waals surface area contributed by atoms with Gasteiger partial charge in [0, 0.05) is 12.5 Å². The topological polar surface area (TPSA) is 156 Å². The molecular weight excluding hydrogens is 574 g/mol. The third-order valence-corrected chi connectivity index (χ3v) is 6.60. The molecule has 0 spiro atoms. The van der Waals surface area contributed by atoms with E-state index in [1.165, 1.54) is 18.2 Å². The predicted molar refractivity (Wildman–Crippen MR) is 161 cm³/mol. The fourth-order valence-electron chi connectivity index (χ4n) is 4.19. The van der Waals surface area contributed by atoms with Gasteiger partial charge < -0.3 is 33.5 Å². The van der Waals surface area contributed by atoms with Gasteiger partial charge in [-0.2, -0.15) is 0 Å². The number of carbonyl (C=O) groups excluding carboxylic acids is 3. The monoisotopic (exact) mass is 623 g/mol. The van der Waals surface area contributed by atoms with E-state index in [0.717, 1.165) is 19.3 Å². The van der Waals surface area contributed by atoms with Crippen LogP contribution in [0.5, 0.6) is 11.5 Å². The summed E-state index contributed by atoms with van der Waals surface area (Å²) in [5.74, 6) is -1.83. The summed E-state index contributed by atoms with van der Waals surface area (Å²) in [6.07, 6.45) is 0.858. The highest BCUT2D eigenvalue weighted by Gasteiger charge is 2.45. The molecule has 1 aromatic rings. The van der Waals surface area contributed by atoms with Gasteiger partial charge in [-0.05, 0) is 67.6 Å². The first-order valence-corrected chi connectivity index (χ1v) is 15.1. The van der Waals surface area contributed by atoms with Crippen LogP contribution in [0, 0.1) is 10.8 Å². The molecule has 0 saturated heterocycles. The fourth-order valence-corrected chi connectivity index (χ4v) is 4.19. The van der Waals surface area contributed by atoms with E-state index in [9.17, 15) is 24.3 Å². The Balaban J connectivity index is 2.40. The van der Waals surface area contributed by atoms with Gasteiger partial charge >= 0.3 is 24.4 Å². The van der Waals surface area contributed by atoms with E-state index in [1.807, 2.05) is 48.5 Å². The van der Waals surface area contributed by atoms with Gasteiger partial charge in [-0.25, -0.2) is 19.2 Å². The van der Waals surface area contributed by atoms with Gasteiger partial charge in [0.25, 0.3) is 5.72 Å². The highest BCUT2D eigenvalue weighted by Crippen LogP contribution is 2.32. The number of hydrogen-bond donors (Lipinski definition) is 2. The van der Waals surface area contributed by atoms with E-state index in [4.69, 9.17) is 28.4 Å². The second-order valence-corrected chi connectivity index (χ2v) is 13.7. The van der Waals surface area contributed by atoms with Crippen molar-refractivity contribution in [3.8, 4) is 11.5 Å². The first-order valence-electron chi connectivity index (χ1n) is 15.1. The van der Waals surface area contributed by atoms with Gasteiger partial charge in [-0.3, -0.25) is 5.32 Å². The molecule has 1 aliphatic rings. The maximum absolute atomic E-state index is 12.9. The molecule has 0 amide bonds. The molecule has 1 unspecified atom stereocenters. The van der Waals surface area contributed by atoms with E-state index in [1.54, 1.807) is 6.92 Å². The Morgan fingerprint density at radius 1 is 0.864 bits per heavy atom. The zero-order valence-electron chi connectivity index (χ0n) is 27.3. The van der Waals surface area contributed by atoms with Crippen molar-refractivity contribution in [3.63, 3.8) is 0 Å². The average molecular weight is 624 g/mol. The molecule has 44 heavy (non-hydrogen) atoms. The Morgan fingerprint density at radius 3 is 1.91 bits per heavy atom. The molecule has 12 heteroatoms. The van der Waals surface area contributed by atoms with Gasteiger partial charge in [0.05, 0.1) is 13.2 Å². The van der Waals surface area contributed by atoms with Gasteiger partial charge in [-0.1, -0.05) is 61.0 Å². The maximum atomic E-state index is 12.9.